The number of rotatable bonds is 7. The molecule has 1 heterocycles. The quantitative estimate of drug-likeness (QED) is 0.570. The summed E-state index contributed by atoms with van der Waals surface area (Å²) < 4.78 is 53.4. The number of amides is 1. The van der Waals surface area contributed by atoms with Crippen molar-refractivity contribution >= 4 is 21.9 Å². The Morgan fingerprint density at radius 3 is 2.45 bits per heavy atom. The van der Waals surface area contributed by atoms with Crippen LogP contribution in [0.2, 0.25) is 0 Å². The highest BCUT2D eigenvalue weighted by molar-refractivity contribution is 7.89. The van der Waals surface area contributed by atoms with Gasteiger partial charge in [-0.1, -0.05) is 18.2 Å². The normalized spacial score (nSPS) is 20.4. The summed E-state index contributed by atoms with van der Waals surface area (Å²) in [6, 6.07) is 6.20. The molecule has 2 aromatic carbocycles. The lowest BCUT2D eigenvalue weighted by atomic mass is 10.1. The number of nitrogens with one attached hydrogen (secondary N) is 1. The molecule has 0 aliphatic carbocycles. The average Bonchev–Trinajstić information content (AvgIpc) is 3.11. The number of carbonyl (C=O) groups excluding carboxylic acids is 1. The Morgan fingerprint density at radius 1 is 1.16 bits per heavy atom. The summed E-state index contributed by atoms with van der Waals surface area (Å²) in [5.74, 6) is -3.41. The van der Waals surface area contributed by atoms with Crippen molar-refractivity contribution in [3.8, 4) is 0 Å². The van der Waals surface area contributed by atoms with Crippen LogP contribution in [0.5, 0.6) is 0 Å². The van der Waals surface area contributed by atoms with E-state index in [9.17, 15) is 31.9 Å². The highest BCUT2D eigenvalue weighted by atomic mass is 32.2. The van der Waals surface area contributed by atoms with Gasteiger partial charge in [-0.2, -0.15) is 4.31 Å². The zero-order valence-corrected chi connectivity index (χ0v) is 17.1. The van der Waals surface area contributed by atoms with Crippen molar-refractivity contribution in [3.63, 3.8) is 0 Å². The van der Waals surface area contributed by atoms with Crippen molar-refractivity contribution in [1.82, 2.24) is 9.62 Å². The summed E-state index contributed by atoms with van der Waals surface area (Å²) in [4.78, 5) is 24.1. The van der Waals surface area contributed by atoms with E-state index in [4.69, 9.17) is 5.73 Å². The Labute approximate surface area is 177 Å². The van der Waals surface area contributed by atoms with E-state index in [-0.39, 0.29) is 24.3 Å². The summed E-state index contributed by atoms with van der Waals surface area (Å²) in [6.07, 6.45) is -0.153. The molecule has 0 spiro atoms. The smallest absolute Gasteiger partial charge is 0.326 e. The molecule has 1 aliphatic heterocycles. The summed E-state index contributed by atoms with van der Waals surface area (Å²) in [7, 11) is -4.24. The fourth-order valence-corrected chi connectivity index (χ4v) is 5.12. The molecular formula is C20H21F2N3O5S. The molecule has 0 radical (unpaired) electrons. The Balaban J connectivity index is 1.81. The molecule has 0 aromatic heterocycles. The van der Waals surface area contributed by atoms with Crippen LogP contribution < -0.4 is 11.1 Å². The standard InChI is InChI=1S/C20H21F2N3O5S/c21-13-6-4-12(5-7-13)8-17(20(27)28)24-19(26)18-10-15(23)11-25(18)31(29,30)16-3-1-2-14(22)9-16/h1-7,9,15,17-18H,8,10-11,23H2,(H,24,26)(H,27,28)/t15-,17+,18+/m1/s1. The van der Waals surface area contributed by atoms with Crippen molar-refractivity contribution in [1.29, 1.82) is 0 Å². The third kappa shape index (κ3) is 5.24. The minimum atomic E-state index is -4.24. The largest absolute Gasteiger partial charge is 0.480 e. The number of nitrogens with zero attached hydrogens (tertiary/aromatic N) is 1. The van der Waals surface area contributed by atoms with Crippen LogP contribution in [0.25, 0.3) is 0 Å². The van der Waals surface area contributed by atoms with Crippen molar-refractivity contribution in [3.05, 3.63) is 65.7 Å². The van der Waals surface area contributed by atoms with Gasteiger partial charge in [0.25, 0.3) is 0 Å². The van der Waals surface area contributed by atoms with E-state index in [2.05, 4.69) is 5.32 Å². The minimum Gasteiger partial charge on any atom is -0.480 e. The van der Waals surface area contributed by atoms with Crippen molar-refractivity contribution in [2.45, 2.75) is 35.9 Å². The molecule has 1 fully saturated rings. The first kappa shape index (κ1) is 22.8. The maximum absolute atomic E-state index is 13.5. The monoisotopic (exact) mass is 453 g/mol. The van der Waals surface area contributed by atoms with Gasteiger partial charge < -0.3 is 16.2 Å². The maximum atomic E-state index is 13.5. The second-order valence-electron chi connectivity index (χ2n) is 7.27. The predicted octanol–water partition coefficient (Wildman–Crippen LogP) is 0.867. The van der Waals surface area contributed by atoms with Crippen LogP contribution in [0.3, 0.4) is 0 Å². The molecule has 2 aromatic rings. The highest BCUT2D eigenvalue weighted by Gasteiger charge is 2.43. The van der Waals surface area contributed by atoms with Gasteiger partial charge >= 0.3 is 5.97 Å². The van der Waals surface area contributed by atoms with Gasteiger partial charge in [-0.25, -0.2) is 22.0 Å². The number of carboxylic acid groups (broad SMARTS) is 1. The molecule has 4 N–H and O–H groups in total. The van der Waals surface area contributed by atoms with E-state index in [1.165, 1.54) is 36.4 Å². The molecule has 3 atom stereocenters. The first-order chi connectivity index (χ1) is 14.6. The Hall–Kier alpha value is -2.89. The van der Waals surface area contributed by atoms with Gasteiger partial charge in [0.1, 0.15) is 23.7 Å². The number of carboxylic acids is 1. The third-order valence-electron chi connectivity index (χ3n) is 4.96. The van der Waals surface area contributed by atoms with E-state index in [1.54, 1.807) is 0 Å². The first-order valence-corrected chi connectivity index (χ1v) is 10.8. The molecule has 3 rings (SSSR count). The summed E-state index contributed by atoms with van der Waals surface area (Å²) in [5.41, 5.74) is 6.35. The SMILES string of the molecule is N[C@@H]1C[C@@H](C(=O)N[C@@H](Cc2ccc(F)cc2)C(=O)O)N(S(=O)(=O)c2cccc(F)c2)C1. The fourth-order valence-electron chi connectivity index (χ4n) is 3.43. The van der Waals surface area contributed by atoms with Crippen molar-refractivity contribution in [2.24, 2.45) is 5.73 Å². The molecule has 1 amide bonds. The first-order valence-electron chi connectivity index (χ1n) is 9.38. The lowest BCUT2D eigenvalue weighted by molar-refractivity contribution is -0.142. The van der Waals surface area contributed by atoms with E-state index in [1.807, 2.05) is 0 Å². The predicted molar refractivity (Wildman–Crippen MR) is 106 cm³/mol. The zero-order chi connectivity index (χ0) is 22.8. The van der Waals surface area contributed by atoms with Crippen LogP contribution >= 0.6 is 0 Å². The number of sulfonamides is 1. The molecule has 1 saturated heterocycles. The summed E-state index contributed by atoms with van der Waals surface area (Å²) in [5, 5.41) is 11.8. The molecule has 0 saturated carbocycles. The van der Waals surface area contributed by atoms with Crippen LogP contribution in [0.15, 0.2) is 53.4 Å². The van der Waals surface area contributed by atoms with Gasteiger partial charge in [0.2, 0.25) is 15.9 Å². The minimum absolute atomic E-state index is 0.0245. The highest BCUT2D eigenvalue weighted by Crippen LogP contribution is 2.26. The lowest BCUT2D eigenvalue weighted by Gasteiger charge is -2.25. The molecule has 31 heavy (non-hydrogen) atoms. The second kappa shape index (κ2) is 9.08. The second-order valence-corrected chi connectivity index (χ2v) is 9.16. The zero-order valence-electron chi connectivity index (χ0n) is 16.2. The van der Waals surface area contributed by atoms with E-state index >= 15 is 0 Å². The lowest BCUT2D eigenvalue weighted by Crippen LogP contribution is -2.51. The molecule has 1 aliphatic rings. The number of hydrogen-bond donors (Lipinski definition) is 3. The van der Waals surface area contributed by atoms with Gasteiger partial charge in [-0.3, -0.25) is 4.79 Å². The molecular weight excluding hydrogens is 432 g/mol. The van der Waals surface area contributed by atoms with Crippen molar-refractivity contribution in [2.75, 3.05) is 6.54 Å². The number of hydrogen-bond acceptors (Lipinski definition) is 5. The van der Waals surface area contributed by atoms with Crippen LogP contribution in [0, 0.1) is 11.6 Å². The van der Waals surface area contributed by atoms with E-state index in [0.717, 1.165) is 16.4 Å². The van der Waals surface area contributed by atoms with E-state index in [0.29, 0.717) is 5.56 Å². The van der Waals surface area contributed by atoms with Crippen LogP contribution in [-0.4, -0.2) is 54.4 Å². The van der Waals surface area contributed by atoms with Gasteiger partial charge in [-0.05, 0) is 42.3 Å². The summed E-state index contributed by atoms with van der Waals surface area (Å²) >= 11 is 0. The Kier molecular flexibility index (Phi) is 6.68. The third-order valence-corrected chi connectivity index (χ3v) is 6.83. The molecule has 0 bridgehead atoms. The van der Waals surface area contributed by atoms with Crippen LogP contribution in [0.1, 0.15) is 12.0 Å². The Bertz CT molecular complexity index is 1080. The fraction of sp³-hybridized carbons (Fsp3) is 0.300. The molecule has 166 valence electrons. The molecule has 8 nitrogen and oxygen atoms in total. The van der Waals surface area contributed by atoms with E-state index < -0.39 is 51.7 Å². The number of benzene rings is 2. The summed E-state index contributed by atoms with van der Waals surface area (Å²) in [6.45, 7) is -0.174. The van der Waals surface area contributed by atoms with Gasteiger partial charge in [-0.15, -0.1) is 0 Å². The molecule has 11 heteroatoms. The molecule has 0 unspecified atom stereocenters. The van der Waals surface area contributed by atoms with Crippen LogP contribution in [-0.2, 0) is 26.0 Å². The van der Waals surface area contributed by atoms with Crippen molar-refractivity contribution < 1.29 is 31.9 Å². The number of nitrogens with two attached hydrogens (primary N) is 1. The number of carbonyl (C=O) groups is 2. The topological polar surface area (TPSA) is 130 Å². The number of aliphatic carboxylic acids is 1. The Morgan fingerprint density at radius 2 is 1.84 bits per heavy atom. The van der Waals surface area contributed by atoms with Gasteiger partial charge in [0, 0.05) is 19.0 Å². The average molecular weight is 453 g/mol. The van der Waals surface area contributed by atoms with Gasteiger partial charge in [0.05, 0.1) is 4.90 Å². The van der Waals surface area contributed by atoms with Gasteiger partial charge in [0.15, 0.2) is 0 Å². The maximum Gasteiger partial charge on any atom is 0.326 e. The van der Waals surface area contributed by atoms with Crippen LogP contribution in [0.4, 0.5) is 8.78 Å². The number of halogens is 2.